The minimum atomic E-state index is -2.91. The zero-order chi connectivity index (χ0) is 9.61. The summed E-state index contributed by atoms with van der Waals surface area (Å²) in [4.78, 5) is 0. The van der Waals surface area contributed by atoms with Gasteiger partial charge in [-0.3, -0.25) is 0 Å². The number of hydrogen-bond donors (Lipinski definition) is 1. The second-order valence-electron chi connectivity index (χ2n) is 2.60. The highest BCUT2D eigenvalue weighted by molar-refractivity contribution is 7.92. The summed E-state index contributed by atoms with van der Waals surface area (Å²) in [7, 11) is -2.91. The Morgan fingerprint density at radius 1 is 1.58 bits per heavy atom. The van der Waals surface area contributed by atoms with E-state index in [2.05, 4.69) is 11.2 Å². The highest BCUT2D eigenvalue weighted by atomic mass is 32.2. The quantitative estimate of drug-likeness (QED) is 0.490. The number of rotatable bonds is 5. The smallest absolute Gasteiger partial charge is 0.153 e. The van der Waals surface area contributed by atoms with Crippen LogP contribution in [0.4, 0.5) is 0 Å². The van der Waals surface area contributed by atoms with Crippen molar-refractivity contribution in [1.82, 2.24) is 5.32 Å². The average Bonchev–Trinajstić information content (AvgIpc) is 2.05. The second kappa shape index (κ2) is 5.18. The molecule has 70 valence electrons. The van der Waals surface area contributed by atoms with Crippen molar-refractivity contribution in [1.29, 1.82) is 0 Å². The molecule has 1 N–H and O–H groups in total. The Bertz CT molecular complexity index is 251. The van der Waals surface area contributed by atoms with E-state index in [1.807, 2.05) is 0 Å². The molecule has 4 heteroatoms. The molecular formula is C8H15NO2S. The monoisotopic (exact) mass is 189 g/mol. The van der Waals surface area contributed by atoms with Gasteiger partial charge >= 0.3 is 0 Å². The fraction of sp³-hybridized carbons (Fsp3) is 0.750. The molecule has 0 heterocycles. The molecule has 0 bridgehead atoms. The molecule has 0 fully saturated rings. The van der Waals surface area contributed by atoms with E-state index in [0.29, 0.717) is 13.1 Å². The molecule has 0 rings (SSSR count). The summed E-state index contributed by atoms with van der Waals surface area (Å²) >= 11 is 0. The van der Waals surface area contributed by atoms with Gasteiger partial charge in [0.2, 0.25) is 0 Å². The molecule has 0 aliphatic rings. The normalized spacial score (nSPS) is 13.8. The van der Waals surface area contributed by atoms with Crippen LogP contribution in [0.1, 0.15) is 13.8 Å². The van der Waals surface area contributed by atoms with Crippen molar-refractivity contribution in [3.8, 4) is 12.3 Å². The van der Waals surface area contributed by atoms with Crippen molar-refractivity contribution in [3.05, 3.63) is 0 Å². The lowest BCUT2D eigenvalue weighted by Crippen LogP contribution is -2.32. The summed E-state index contributed by atoms with van der Waals surface area (Å²) in [6.45, 7) is 4.18. The van der Waals surface area contributed by atoms with Gasteiger partial charge in [0.1, 0.15) is 0 Å². The Balaban J connectivity index is 3.90. The zero-order valence-corrected chi connectivity index (χ0v) is 8.32. The number of hydrogen-bond acceptors (Lipinski definition) is 3. The molecule has 0 saturated heterocycles. The first kappa shape index (κ1) is 11.5. The van der Waals surface area contributed by atoms with Gasteiger partial charge in [0.15, 0.2) is 9.84 Å². The lowest BCUT2D eigenvalue weighted by Gasteiger charge is -2.10. The third-order valence-corrected chi connectivity index (χ3v) is 3.87. The Labute approximate surface area is 74.5 Å². The number of nitrogens with one attached hydrogen (secondary N) is 1. The molecule has 0 aliphatic carbocycles. The maximum atomic E-state index is 11.2. The predicted molar refractivity (Wildman–Crippen MR) is 50.6 cm³/mol. The molecule has 1 atom stereocenters. The molecule has 0 aromatic carbocycles. The van der Waals surface area contributed by atoms with Crippen LogP contribution in [0.2, 0.25) is 0 Å². The van der Waals surface area contributed by atoms with Gasteiger partial charge in [0, 0.05) is 12.3 Å². The summed E-state index contributed by atoms with van der Waals surface area (Å²) in [5.74, 6) is 2.57. The highest BCUT2D eigenvalue weighted by Gasteiger charge is 2.17. The van der Waals surface area contributed by atoms with Crippen molar-refractivity contribution in [2.24, 2.45) is 0 Å². The summed E-state index contributed by atoms with van der Waals surface area (Å²) in [5.41, 5.74) is 0. The van der Waals surface area contributed by atoms with Crippen LogP contribution < -0.4 is 5.32 Å². The average molecular weight is 189 g/mol. The maximum absolute atomic E-state index is 11.2. The Hall–Kier alpha value is -0.530. The Morgan fingerprint density at radius 3 is 2.58 bits per heavy atom. The van der Waals surface area contributed by atoms with E-state index in [1.54, 1.807) is 13.8 Å². The van der Waals surface area contributed by atoms with E-state index >= 15 is 0 Å². The first-order chi connectivity index (χ1) is 5.54. The van der Waals surface area contributed by atoms with Crippen LogP contribution in [0.3, 0.4) is 0 Å². The molecule has 3 nitrogen and oxygen atoms in total. The van der Waals surface area contributed by atoms with E-state index in [9.17, 15) is 8.42 Å². The van der Waals surface area contributed by atoms with Gasteiger partial charge in [0.05, 0.1) is 11.8 Å². The lowest BCUT2D eigenvalue weighted by atomic mass is 10.4. The minimum absolute atomic E-state index is 0.186. The molecular weight excluding hydrogens is 174 g/mol. The van der Waals surface area contributed by atoms with Crippen LogP contribution in [0.15, 0.2) is 0 Å². The first-order valence-corrected chi connectivity index (χ1v) is 5.62. The van der Waals surface area contributed by atoms with E-state index in [4.69, 9.17) is 6.42 Å². The van der Waals surface area contributed by atoms with Crippen molar-refractivity contribution < 1.29 is 8.42 Å². The predicted octanol–water partition coefficient (Wildman–Crippen LogP) is 0.0324. The largest absolute Gasteiger partial charge is 0.305 e. The van der Waals surface area contributed by atoms with Gasteiger partial charge in [-0.1, -0.05) is 12.8 Å². The SMILES string of the molecule is C#CCNCC(C)S(=O)(=O)CC. The Morgan fingerprint density at radius 2 is 2.17 bits per heavy atom. The molecule has 0 aliphatic heterocycles. The molecule has 1 unspecified atom stereocenters. The topological polar surface area (TPSA) is 46.2 Å². The van der Waals surface area contributed by atoms with Crippen molar-refractivity contribution in [3.63, 3.8) is 0 Å². The third kappa shape index (κ3) is 3.74. The second-order valence-corrected chi connectivity index (χ2v) is 5.30. The standard InChI is InChI=1S/C8H15NO2S/c1-4-6-9-7-8(3)12(10,11)5-2/h1,8-9H,5-7H2,2-3H3. The number of sulfone groups is 1. The van der Waals surface area contributed by atoms with Gasteiger partial charge in [-0.25, -0.2) is 8.42 Å². The van der Waals surface area contributed by atoms with Crippen LogP contribution in [-0.2, 0) is 9.84 Å². The fourth-order valence-corrected chi connectivity index (χ4v) is 1.70. The van der Waals surface area contributed by atoms with Crippen molar-refractivity contribution in [2.45, 2.75) is 19.1 Å². The number of terminal acetylenes is 1. The van der Waals surface area contributed by atoms with E-state index in [0.717, 1.165) is 0 Å². The van der Waals surface area contributed by atoms with Gasteiger partial charge in [0.25, 0.3) is 0 Å². The fourth-order valence-electron chi connectivity index (χ4n) is 0.759. The van der Waals surface area contributed by atoms with Crippen LogP contribution in [0.5, 0.6) is 0 Å². The van der Waals surface area contributed by atoms with Gasteiger partial charge in [-0.2, -0.15) is 0 Å². The lowest BCUT2D eigenvalue weighted by molar-refractivity contribution is 0.578. The van der Waals surface area contributed by atoms with Gasteiger partial charge in [-0.15, -0.1) is 6.42 Å². The summed E-state index contributed by atoms with van der Waals surface area (Å²) in [5, 5.41) is 2.51. The highest BCUT2D eigenvalue weighted by Crippen LogP contribution is 1.99. The van der Waals surface area contributed by atoms with Crippen molar-refractivity contribution >= 4 is 9.84 Å². The molecule has 0 aromatic heterocycles. The molecule has 12 heavy (non-hydrogen) atoms. The van der Waals surface area contributed by atoms with Crippen LogP contribution in [-0.4, -0.2) is 32.5 Å². The summed E-state index contributed by atoms with van der Waals surface area (Å²) in [6.07, 6.45) is 4.99. The molecule has 0 saturated carbocycles. The van der Waals surface area contributed by atoms with E-state index in [-0.39, 0.29) is 11.0 Å². The van der Waals surface area contributed by atoms with E-state index < -0.39 is 9.84 Å². The maximum Gasteiger partial charge on any atom is 0.153 e. The third-order valence-electron chi connectivity index (χ3n) is 1.67. The minimum Gasteiger partial charge on any atom is -0.305 e. The van der Waals surface area contributed by atoms with Crippen LogP contribution in [0, 0.1) is 12.3 Å². The summed E-state index contributed by atoms with van der Waals surface area (Å²) < 4.78 is 22.4. The zero-order valence-electron chi connectivity index (χ0n) is 7.50. The first-order valence-electron chi connectivity index (χ1n) is 3.90. The molecule has 0 spiro atoms. The van der Waals surface area contributed by atoms with Crippen LogP contribution >= 0.6 is 0 Å². The van der Waals surface area contributed by atoms with Crippen LogP contribution in [0.25, 0.3) is 0 Å². The van der Waals surface area contributed by atoms with Crippen molar-refractivity contribution in [2.75, 3.05) is 18.8 Å². The Kier molecular flexibility index (Phi) is 4.95. The van der Waals surface area contributed by atoms with Gasteiger partial charge in [-0.05, 0) is 6.92 Å². The molecule has 0 aromatic rings. The van der Waals surface area contributed by atoms with Gasteiger partial charge < -0.3 is 5.32 Å². The summed E-state index contributed by atoms with van der Waals surface area (Å²) in [6, 6.07) is 0. The molecule has 0 radical (unpaired) electrons. The molecule has 0 amide bonds. The van der Waals surface area contributed by atoms with E-state index in [1.165, 1.54) is 0 Å².